The number of carbonyl (C=O) groups excluding carboxylic acids is 4. The second-order valence-electron chi connectivity index (χ2n) is 12.5. The Morgan fingerprint density at radius 2 is 0.897 bits per heavy atom. The Hall–Kier alpha value is -5.73. The zero-order chi connectivity index (χ0) is 42.1. The Morgan fingerprint density at radius 1 is 0.569 bits per heavy atom. The molecule has 2 aliphatic rings. The lowest BCUT2D eigenvalue weighted by Crippen LogP contribution is -2.45. The highest BCUT2D eigenvalue weighted by Crippen LogP contribution is 2.40. The largest absolute Gasteiger partial charge is 0.459 e. The van der Waals surface area contributed by atoms with Gasteiger partial charge in [-0.1, -0.05) is 72.8 Å². The summed E-state index contributed by atoms with van der Waals surface area (Å²) in [6.45, 7) is -1.35. The highest BCUT2D eigenvalue weighted by atomic mass is 32.2. The van der Waals surface area contributed by atoms with Crippen LogP contribution in [0.4, 0.5) is 17.6 Å². The Balaban J connectivity index is 0.000000223. The van der Waals surface area contributed by atoms with Crippen molar-refractivity contribution >= 4 is 34.0 Å². The molecule has 0 bridgehead atoms. The van der Waals surface area contributed by atoms with Crippen molar-refractivity contribution in [3.63, 3.8) is 0 Å². The van der Waals surface area contributed by atoms with Crippen LogP contribution in [0, 0.1) is 0 Å². The maximum Gasteiger partial charge on any atom is 0.338 e. The molecule has 2 heterocycles. The Bertz CT molecular complexity index is 2130. The molecule has 0 spiro atoms. The van der Waals surface area contributed by atoms with Crippen molar-refractivity contribution in [3.8, 4) is 0 Å². The molecule has 6 rings (SSSR count). The fourth-order valence-electron chi connectivity index (χ4n) is 5.37. The number of aliphatic hydroxyl groups excluding tert-OH is 1. The van der Waals surface area contributed by atoms with Crippen LogP contribution in [0.15, 0.2) is 121 Å². The molecule has 0 amide bonds. The smallest absolute Gasteiger partial charge is 0.338 e. The summed E-state index contributed by atoms with van der Waals surface area (Å²) in [6, 6.07) is 30.5. The Morgan fingerprint density at radius 3 is 1.26 bits per heavy atom. The zero-order valence-corrected chi connectivity index (χ0v) is 30.9. The van der Waals surface area contributed by atoms with Gasteiger partial charge in [0, 0.05) is 0 Å². The van der Waals surface area contributed by atoms with E-state index in [0.29, 0.717) is 6.26 Å². The van der Waals surface area contributed by atoms with Crippen molar-refractivity contribution in [2.75, 3.05) is 19.5 Å². The summed E-state index contributed by atoms with van der Waals surface area (Å²) in [6.07, 6.45) is -12.0. The molecule has 2 fully saturated rings. The third-order valence-electron chi connectivity index (χ3n) is 8.21. The zero-order valence-electron chi connectivity index (χ0n) is 30.1. The number of esters is 4. The maximum absolute atomic E-state index is 14.8. The fraction of sp³-hybridized carbons (Fsp3) is 0.282. The first-order valence-electron chi connectivity index (χ1n) is 17.1. The topological polar surface area (TPSA) is 187 Å². The van der Waals surface area contributed by atoms with Gasteiger partial charge in [0.2, 0.25) is 18.7 Å². The number of hydrogen-bond donors (Lipinski definition) is 1. The van der Waals surface area contributed by atoms with Gasteiger partial charge in [-0.15, -0.1) is 0 Å². The molecule has 0 aliphatic carbocycles. The van der Waals surface area contributed by atoms with Gasteiger partial charge in [-0.05, 0) is 48.5 Å². The standard InChI is InChI=1S/C20H18F2O8S.C19H16F2O6/c1-31(25,26)30-19-20(21,22)16(29-18(24)14-10-6-3-7-11-14)15(28-19)12-27-17(23)13-8-4-2-5-9-13;20-19(21)15(27-17(23)13-9-5-2-6-10-13)14(26-18(19)24)11-25-16(22)12-7-3-1-4-8-12/h2-11,15-16,19H,12H2,1H3;1-10,14-15,18,24H,11H2/t15-,16-,19?;14-,15-,18?/m11/s1. The SMILES string of the molecule is CS(=O)(=O)OC1O[C@H](COC(=O)c2ccccc2)[C@@H](OC(=O)c2ccccc2)C1(F)F.O=C(OC[C@H]1OC(O)C(F)(F)[C@@H]1OC(=O)c1ccccc1)c1ccccc1. The molecule has 1 N–H and O–H groups in total. The van der Waals surface area contributed by atoms with E-state index in [2.05, 4.69) is 4.18 Å². The van der Waals surface area contributed by atoms with E-state index < -0.39 is 96.1 Å². The molecular formula is C39H34F4O14S. The summed E-state index contributed by atoms with van der Waals surface area (Å²) in [7, 11) is -4.33. The minimum atomic E-state index is -4.33. The molecule has 308 valence electrons. The third-order valence-corrected chi connectivity index (χ3v) is 8.73. The molecule has 2 aliphatic heterocycles. The van der Waals surface area contributed by atoms with Gasteiger partial charge in [-0.25, -0.2) is 23.4 Å². The molecule has 4 aromatic rings. The van der Waals surface area contributed by atoms with E-state index in [1.807, 2.05) is 0 Å². The second-order valence-corrected chi connectivity index (χ2v) is 14.1. The number of benzene rings is 4. The average molecular weight is 835 g/mol. The van der Waals surface area contributed by atoms with E-state index in [-0.39, 0.29) is 22.3 Å². The predicted octanol–water partition coefficient (Wildman–Crippen LogP) is 4.83. The Labute approximate surface area is 328 Å². The van der Waals surface area contributed by atoms with Crippen LogP contribution >= 0.6 is 0 Å². The number of carbonyl (C=O) groups is 4. The quantitative estimate of drug-likeness (QED) is 0.0885. The minimum absolute atomic E-state index is 0.00851. The van der Waals surface area contributed by atoms with Crippen molar-refractivity contribution in [2.45, 2.75) is 48.8 Å². The number of aliphatic hydroxyl groups is 1. The lowest BCUT2D eigenvalue weighted by atomic mass is 10.1. The maximum atomic E-state index is 14.8. The van der Waals surface area contributed by atoms with Crippen LogP contribution in [0.25, 0.3) is 0 Å². The number of rotatable bonds is 12. The van der Waals surface area contributed by atoms with Gasteiger partial charge in [0.05, 0.1) is 28.5 Å². The first-order chi connectivity index (χ1) is 27.5. The van der Waals surface area contributed by atoms with E-state index in [0.717, 1.165) is 0 Å². The van der Waals surface area contributed by atoms with Crippen molar-refractivity contribution in [2.24, 2.45) is 0 Å². The molecule has 0 radical (unpaired) electrons. The number of alkyl halides is 4. The van der Waals surface area contributed by atoms with Gasteiger partial charge in [-0.2, -0.15) is 26.0 Å². The van der Waals surface area contributed by atoms with Crippen molar-refractivity contribution < 1.29 is 82.9 Å². The predicted molar refractivity (Wildman–Crippen MR) is 190 cm³/mol. The van der Waals surface area contributed by atoms with Crippen LogP contribution in [-0.2, 0) is 42.7 Å². The van der Waals surface area contributed by atoms with E-state index >= 15 is 0 Å². The van der Waals surface area contributed by atoms with Crippen LogP contribution in [0.3, 0.4) is 0 Å². The first kappa shape index (κ1) is 43.4. The second kappa shape index (κ2) is 18.7. The number of hydrogen-bond acceptors (Lipinski definition) is 14. The molecule has 2 unspecified atom stereocenters. The molecular weight excluding hydrogens is 800 g/mol. The average Bonchev–Trinajstić information content (AvgIpc) is 3.57. The van der Waals surface area contributed by atoms with Crippen LogP contribution in [-0.4, -0.2) is 106 Å². The van der Waals surface area contributed by atoms with E-state index in [1.165, 1.54) is 60.7 Å². The molecule has 14 nitrogen and oxygen atoms in total. The van der Waals surface area contributed by atoms with Gasteiger partial charge in [-0.3, -0.25) is 0 Å². The summed E-state index contributed by atoms with van der Waals surface area (Å²) in [4.78, 5) is 48.5. The lowest BCUT2D eigenvalue weighted by Gasteiger charge is -2.23. The summed E-state index contributed by atoms with van der Waals surface area (Å²) >= 11 is 0. The monoisotopic (exact) mass is 834 g/mol. The van der Waals surface area contributed by atoms with Gasteiger partial charge < -0.3 is 33.5 Å². The number of halogens is 4. The fourth-order valence-corrected chi connectivity index (χ4v) is 5.86. The van der Waals surface area contributed by atoms with Crippen LogP contribution in [0.5, 0.6) is 0 Å². The van der Waals surface area contributed by atoms with E-state index in [1.54, 1.807) is 60.7 Å². The van der Waals surface area contributed by atoms with Gasteiger partial charge in [0.15, 0.2) is 6.10 Å². The Kier molecular flexibility index (Phi) is 14.0. The van der Waals surface area contributed by atoms with Gasteiger partial charge in [0.25, 0.3) is 10.1 Å². The molecule has 6 atom stereocenters. The molecule has 4 aromatic carbocycles. The molecule has 0 saturated carbocycles. The summed E-state index contributed by atoms with van der Waals surface area (Å²) in [5, 5.41) is 9.46. The molecule has 58 heavy (non-hydrogen) atoms. The van der Waals surface area contributed by atoms with Crippen molar-refractivity contribution in [1.82, 2.24) is 0 Å². The molecule has 0 aromatic heterocycles. The van der Waals surface area contributed by atoms with E-state index in [9.17, 15) is 50.3 Å². The van der Waals surface area contributed by atoms with E-state index in [4.69, 9.17) is 28.4 Å². The molecule has 2 saturated heterocycles. The minimum Gasteiger partial charge on any atom is -0.459 e. The molecule has 19 heteroatoms. The lowest BCUT2D eigenvalue weighted by molar-refractivity contribution is -0.199. The van der Waals surface area contributed by atoms with Gasteiger partial charge >= 0.3 is 35.7 Å². The van der Waals surface area contributed by atoms with Crippen molar-refractivity contribution in [1.29, 1.82) is 0 Å². The number of ether oxygens (including phenoxy) is 6. The van der Waals surface area contributed by atoms with Crippen LogP contribution < -0.4 is 0 Å². The highest BCUT2D eigenvalue weighted by molar-refractivity contribution is 7.86. The first-order valence-corrected chi connectivity index (χ1v) is 18.9. The van der Waals surface area contributed by atoms with Crippen molar-refractivity contribution in [3.05, 3.63) is 144 Å². The van der Waals surface area contributed by atoms with Crippen LogP contribution in [0.2, 0.25) is 0 Å². The normalized spacial score (nSPS) is 23.1. The summed E-state index contributed by atoms with van der Waals surface area (Å²) in [5.41, 5.74) is 0.440. The summed E-state index contributed by atoms with van der Waals surface area (Å²) in [5.74, 6) is -11.6. The van der Waals surface area contributed by atoms with Crippen LogP contribution in [0.1, 0.15) is 41.4 Å². The highest BCUT2D eigenvalue weighted by Gasteiger charge is 2.64. The summed E-state index contributed by atoms with van der Waals surface area (Å²) < 4.78 is 115. The van der Waals surface area contributed by atoms with Gasteiger partial charge in [0.1, 0.15) is 25.4 Å². The third kappa shape index (κ3) is 11.0.